The number of nitrogens with one attached hydrogen (secondary N) is 2. The molecule has 10 heteroatoms. The molecule has 2 aliphatic rings. The number of aryl methyl sites for hydroxylation is 1. The molecule has 2 amide bonds. The van der Waals surface area contributed by atoms with Crippen molar-refractivity contribution in [3.63, 3.8) is 0 Å². The predicted molar refractivity (Wildman–Crippen MR) is 159 cm³/mol. The molecule has 2 aliphatic heterocycles. The number of aliphatic hydroxyl groups is 2. The number of hydrogen-bond acceptors (Lipinski definition) is 7. The number of hydrazine groups is 1. The fraction of sp³-hybridized carbons (Fsp3) is 0.448. The molecule has 2 heterocycles. The first-order valence-corrected chi connectivity index (χ1v) is 15.3. The van der Waals surface area contributed by atoms with E-state index in [4.69, 9.17) is 0 Å². The van der Waals surface area contributed by atoms with Crippen LogP contribution in [0.25, 0.3) is 0 Å². The summed E-state index contributed by atoms with van der Waals surface area (Å²) in [5.74, 6) is -0.533. The highest BCUT2D eigenvalue weighted by molar-refractivity contribution is 7.97. The zero-order chi connectivity index (χ0) is 28.4. The smallest absolute Gasteiger partial charge is 0.255 e. The summed E-state index contributed by atoms with van der Waals surface area (Å²) >= 11 is 1.58. The van der Waals surface area contributed by atoms with Gasteiger partial charge in [0.1, 0.15) is 0 Å². The number of benzene rings is 2. The molecule has 2 unspecified atom stereocenters. The van der Waals surface area contributed by atoms with Gasteiger partial charge >= 0.3 is 0 Å². The molecule has 0 saturated carbocycles. The monoisotopic (exact) mass is 570 g/mol. The zero-order valence-electron chi connectivity index (χ0n) is 23.1. The SMILES string of the molecule is Cc1cccc(C2(C)PCC(C)(C)CN2C(=O)[C@H](O)[C@@H](O)C(=O)N[C@H](C)c2ccc(N3C=CCSN3)cc2)c1. The molecule has 8 nitrogen and oxygen atoms in total. The highest BCUT2D eigenvalue weighted by Gasteiger charge is 2.47. The molecule has 1 fully saturated rings. The lowest BCUT2D eigenvalue weighted by molar-refractivity contribution is -0.157. The van der Waals surface area contributed by atoms with Gasteiger partial charge in [-0.25, -0.2) is 0 Å². The van der Waals surface area contributed by atoms with E-state index < -0.39 is 35.3 Å². The van der Waals surface area contributed by atoms with Crippen molar-refractivity contribution in [3.05, 3.63) is 77.5 Å². The molecule has 0 aromatic heterocycles. The molecule has 0 aliphatic carbocycles. The fourth-order valence-corrected chi connectivity index (χ4v) is 7.11. The average Bonchev–Trinajstić information content (AvgIpc) is 2.93. The number of carbonyl (C=O) groups is 2. The van der Waals surface area contributed by atoms with Gasteiger partial charge in [-0.2, -0.15) is 4.83 Å². The quantitative estimate of drug-likeness (QED) is 0.297. The fourth-order valence-electron chi connectivity index (χ4n) is 4.87. The Hall–Kier alpha value is -2.42. The number of hydrogen-bond donors (Lipinski definition) is 4. The summed E-state index contributed by atoms with van der Waals surface area (Å²) in [5, 5.41) is 25.7. The van der Waals surface area contributed by atoms with Gasteiger partial charge in [-0.05, 0) is 55.6 Å². The Balaban J connectivity index is 1.45. The van der Waals surface area contributed by atoms with Gasteiger partial charge in [0.05, 0.1) is 17.0 Å². The van der Waals surface area contributed by atoms with Gasteiger partial charge < -0.3 is 20.4 Å². The van der Waals surface area contributed by atoms with Crippen LogP contribution in [0, 0.1) is 12.3 Å². The third kappa shape index (κ3) is 6.67. The Morgan fingerprint density at radius 2 is 1.82 bits per heavy atom. The van der Waals surface area contributed by atoms with Crippen LogP contribution in [-0.2, 0) is 14.9 Å². The Morgan fingerprint density at radius 3 is 2.46 bits per heavy atom. The minimum atomic E-state index is -1.89. The molecular formula is C29H39N4O4PS. The first-order valence-electron chi connectivity index (χ1n) is 13.1. The van der Waals surface area contributed by atoms with Crippen molar-refractivity contribution < 1.29 is 19.8 Å². The first-order chi connectivity index (χ1) is 18.4. The van der Waals surface area contributed by atoms with Gasteiger partial charge in [0, 0.05) is 18.5 Å². The summed E-state index contributed by atoms with van der Waals surface area (Å²) < 4.78 is 0. The third-order valence-electron chi connectivity index (χ3n) is 7.33. The minimum Gasteiger partial charge on any atom is -0.380 e. The minimum absolute atomic E-state index is 0.150. The topological polar surface area (TPSA) is 105 Å². The third-order valence-corrected chi connectivity index (χ3v) is 10.4. The second-order valence-corrected chi connectivity index (χ2v) is 13.7. The van der Waals surface area contributed by atoms with Crippen LogP contribution < -0.4 is 15.2 Å². The number of carbonyl (C=O) groups excluding carboxylic acids is 2. The molecule has 0 bridgehead atoms. The maximum Gasteiger partial charge on any atom is 0.255 e. The van der Waals surface area contributed by atoms with Crippen LogP contribution in [0.1, 0.15) is 50.4 Å². The molecule has 39 heavy (non-hydrogen) atoms. The summed E-state index contributed by atoms with van der Waals surface area (Å²) in [5.41, 5.74) is 3.70. The van der Waals surface area contributed by atoms with Crippen LogP contribution >= 0.6 is 20.5 Å². The van der Waals surface area contributed by atoms with Gasteiger partial charge in [-0.15, -0.1) is 0 Å². The van der Waals surface area contributed by atoms with Gasteiger partial charge in [-0.1, -0.05) is 82.4 Å². The van der Waals surface area contributed by atoms with Crippen molar-refractivity contribution in [1.82, 2.24) is 15.0 Å². The van der Waals surface area contributed by atoms with E-state index in [-0.39, 0.29) is 5.41 Å². The molecule has 0 spiro atoms. The lowest BCUT2D eigenvalue weighted by Crippen LogP contribution is -2.59. The van der Waals surface area contributed by atoms with E-state index in [2.05, 4.69) is 36.1 Å². The first kappa shape index (κ1) is 29.6. The predicted octanol–water partition coefficient (Wildman–Crippen LogP) is 3.80. The van der Waals surface area contributed by atoms with Crippen molar-refractivity contribution in [2.24, 2.45) is 5.41 Å². The Labute approximate surface area is 237 Å². The van der Waals surface area contributed by atoms with E-state index in [1.54, 1.807) is 23.8 Å². The second-order valence-electron chi connectivity index (χ2n) is 11.3. The second kappa shape index (κ2) is 12.0. The summed E-state index contributed by atoms with van der Waals surface area (Å²) in [6.07, 6.45) is 1.17. The van der Waals surface area contributed by atoms with E-state index in [0.717, 1.165) is 34.3 Å². The van der Waals surface area contributed by atoms with Gasteiger partial charge in [-0.3, -0.25) is 14.6 Å². The lowest BCUT2D eigenvalue weighted by atomic mass is 9.92. The molecular weight excluding hydrogens is 531 g/mol. The normalized spacial score (nSPS) is 23.8. The standard InChI is InChI=1S/C29H39N4O4PS/c1-19-8-6-9-22(16-19)29(5)32(17-28(3,4)18-38-29)27(37)25(35)24(34)26(36)30-20(2)21-10-12-23(13-11-21)33-14-7-15-39-31-33/h6-14,16,20,24-25,31,34-35,38H,15,17-18H2,1-5H3,(H,30,36)/t20-,24-,25-,29?/m1/s1. The summed E-state index contributed by atoms with van der Waals surface area (Å²) in [7, 11) is 0.401. The highest BCUT2D eigenvalue weighted by atomic mass is 32.2. The van der Waals surface area contributed by atoms with Gasteiger partial charge in [0.2, 0.25) is 0 Å². The largest absolute Gasteiger partial charge is 0.380 e. The van der Waals surface area contributed by atoms with Crippen LogP contribution in [0.4, 0.5) is 5.69 Å². The van der Waals surface area contributed by atoms with E-state index >= 15 is 0 Å². The Bertz CT molecular complexity index is 1220. The number of anilines is 1. The molecule has 4 rings (SSSR count). The lowest BCUT2D eigenvalue weighted by Gasteiger charge is -2.51. The van der Waals surface area contributed by atoms with E-state index in [0.29, 0.717) is 15.1 Å². The molecule has 2 aromatic rings. The summed E-state index contributed by atoms with van der Waals surface area (Å²) in [6.45, 7) is 10.4. The molecule has 5 atom stereocenters. The van der Waals surface area contributed by atoms with Crippen molar-refractivity contribution in [2.45, 2.75) is 58.1 Å². The van der Waals surface area contributed by atoms with Crippen LogP contribution in [0.5, 0.6) is 0 Å². The van der Waals surface area contributed by atoms with E-state index in [9.17, 15) is 19.8 Å². The zero-order valence-corrected chi connectivity index (χ0v) is 25.0. The molecule has 1 saturated heterocycles. The van der Waals surface area contributed by atoms with Gasteiger partial charge in [0.15, 0.2) is 12.2 Å². The van der Waals surface area contributed by atoms with Crippen LogP contribution in [-0.4, -0.2) is 57.6 Å². The molecule has 0 radical (unpaired) electrons. The van der Waals surface area contributed by atoms with Crippen LogP contribution in [0.2, 0.25) is 0 Å². The molecule has 210 valence electrons. The number of aliphatic hydroxyl groups excluding tert-OH is 2. The summed E-state index contributed by atoms with van der Waals surface area (Å²) in [6, 6.07) is 15.3. The molecule has 2 aromatic carbocycles. The van der Waals surface area contributed by atoms with Gasteiger partial charge in [0.25, 0.3) is 11.8 Å². The average molecular weight is 571 g/mol. The maximum absolute atomic E-state index is 13.7. The number of nitrogens with zero attached hydrogens (tertiary/aromatic N) is 2. The van der Waals surface area contributed by atoms with Crippen molar-refractivity contribution in [1.29, 1.82) is 0 Å². The Kier molecular flexibility index (Phi) is 9.08. The van der Waals surface area contributed by atoms with Crippen LogP contribution in [0.15, 0.2) is 60.8 Å². The molecule has 4 N–H and O–H groups in total. The van der Waals surface area contributed by atoms with Crippen molar-refractivity contribution in [2.75, 3.05) is 23.5 Å². The number of rotatable bonds is 7. The highest BCUT2D eigenvalue weighted by Crippen LogP contribution is 2.52. The van der Waals surface area contributed by atoms with E-state index in [1.807, 2.05) is 67.5 Å². The van der Waals surface area contributed by atoms with Crippen molar-refractivity contribution in [3.8, 4) is 0 Å². The Morgan fingerprint density at radius 1 is 1.10 bits per heavy atom. The van der Waals surface area contributed by atoms with E-state index in [1.165, 1.54) is 0 Å². The van der Waals surface area contributed by atoms with Crippen LogP contribution in [0.3, 0.4) is 0 Å². The maximum atomic E-state index is 13.7. The number of amides is 2. The summed E-state index contributed by atoms with van der Waals surface area (Å²) in [4.78, 5) is 31.5. The van der Waals surface area contributed by atoms with Crippen molar-refractivity contribution >= 4 is 38.0 Å².